The number of alkyl halides is 3. The highest BCUT2D eigenvalue weighted by Crippen LogP contribution is 2.31. The number of nitriles is 1. The smallest absolute Gasteiger partial charge is 0.312 e. The summed E-state index contributed by atoms with van der Waals surface area (Å²) in [7, 11) is 0. The highest BCUT2D eigenvalue weighted by Gasteiger charge is 2.43. The van der Waals surface area contributed by atoms with Gasteiger partial charge in [-0.3, -0.25) is 4.90 Å². The average molecular weight is 261 g/mol. The summed E-state index contributed by atoms with van der Waals surface area (Å²) in [5.41, 5.74) is 0. The third-order valence-electron chi connectivity index (χ3n) is 3.95. The first kappa shape index (κ1) is 13.6. The van der Waals surface area contributed by atoms with E-state index in [1.165, 1.54) is 6.07 Å². The molecule has 0 aliphatic carbocycles. The van der Waals surface area contributed by atoms with Crippen LogP contribution < -0.4 is 5.32 Å². The summed E-state index contributed by atoms with van der Waals surface area (Å²) in [6.45, 7) is 1.45. The second-order valence-electron chi connectivity index (χ2n) is 5.13. The SMILES string of the molecule is N#CC(CN1CCCC1C1CCCN1)C(F)(F)F. The van der Waals surface area contributed by atoms with E-state index in [0.717, 1.165) is 32.2 Å². The quantitative estimate of drug-likeness (QED) is 0.843. The van der Waals surface area contributed by atoms with Crippen molar-refractivity contribution in [3.8, 4) is 6.07 Å². The van der Waals surface area contributed by atoms with Crippen LogP contribution in [0.2, 0.25) is 0 Å². The van der Waals surface area contributed by atoms with Crippen molar-refractivity contribution in [2.75, 3.05) is 19.6 Å². The minimum Gasteiger partial charge on any atom is -0.312 e. The lowest BCUT2D eigenvalue weighted by Gasteiger charge is -2.31. The summed E-state index contributed by atoms with van der Waals surface area (Å²) in [6.07, 6.45) is -0.419. The number of halogens is 3. The minimum atomic E-state index is -4.41. The maximum absolute atomic E-state index is 12.6. The molecule has 2 saturated heterocycles. The van der Waals surface area contributed by atoms with Gasteiger partial charge in [0.25, 0.3) is 0 Å². The molecule has 2 aliphatic rings. The minimum absolute atomic E-state index is 0.172. The number of rotatable bonds is 3. The fourth-order valence-corrected chi connectivity index (χ4v) is 3.03. The Morgan fingerprint density at radius 2 is 2.11 bits per heavy atom. The number of hydrogen-bond donors (Lipinski definition) is 1. The van der Waals surface area contributed by atoms with Gasteiger partial charge in [0.2, 0.25) is 0 Å². The van der Waals surface area contributed by atoms with Gasteiger partial charge < -0.3 is 5.32 Å². The Hall–Kier alpha value is -0.800. The van der Waals surface area contributed by atoms with Crippen LogP contribution in [0.15, 0.2) is 0 Å². The van der Waals surface area contributed by atoms with Gasteiger partial charge in [-0.15, -0.1) is 0 Å². The summed E-state index contributed by atoms with van der Waals surface area (Å²) in [4.78, 5) is 1.85. The zero-order valence-corrected chi connectivity index (χ0v) is 10.2. The van der Waals surface area contributed by atoms with Gasteiger partial charge in [-0.1, -0.05) is 0 Å². The Bertz CT molecular complexity index is 318. The standard InChI is InChI=1S/C12H18F3N3/c13-12(14,15)9(7-16)8-18-6-2-4-11(18)10-3-1-5-17-10/h9-11,17H,1-6,8H2. The first-order valence-corrected chi connectivity index (χ1v) is 6.46. The van der Waals surface area contributed by atoms with Crippen LogP contribution in [0.3, 0.4) is 0 Å². The Labute approximate surface area is 105 Å². The van der Waals surface area contributed by atoms with Crippen LogP contribution in [0.4, 0.5) is 13.2 Å². The second-order valence-corrected chi connectivity index (χ2v) is 5.13. The fraction of sp³-hybridized carbons (Fsp3) is 0.917. The Balaban J connectivity index is 1.97. The number of hydrogen-bond acceptors (Lipinski definition) is 3. The van der Waals surface area contributed by atoms with Crippen LogP contribution in [0.1, 0.15) is 25.7 Å². The molecule has 0 aromatic carbocycles. The first-order valence-electron chi connectivity index (χ1n) is 6.46. The van der Waals surface area contributed by atoms with Crippen molar-refractivity contribution in [1.29, 1.82) is 5.26 Å². The van der Waals surface area contributed by atoms with Gasteiger partial charge >= 0.3 is 6.18 Å². The van der Waals surface area contributed by atoms with Crippen molar-refractivity contribution in [3.63, 3.8) is 0 Å². The third-order valence-corrected chi connectivity index (χ3v) is 3.95. The highest BCUT2D eigenvalue weighted by atomic mass is 19.4. The molecular formula is C12H18F3N3. The molecule has 0 radical (unpaired) electrons. The molecule has 1 N–H and O–H groups in total. The van der Waals surface area contributed by atoms with E-state index in [9.17, 15) is 13.2 Å². The van der Waals surface area contributed by atoms with Crippen LogP contribution in [0.5, 0.6) is 0 Å². The Morgan fingerprint density at radius 3 is 2.67 bits per heavy atom. The molecule has 2 heterocycles. The van der Waals surface area contributed by atoms with Crippen LogP contribution in [0, 0.1) is 17.2 Å². The number of nitrogens with zero attached hydrogens (tertiary/aromatic N) is 2. The second kappa shape index (κ2) is 5.45. The fourth-order valence-electron chi connectivity index (χ4n) is 3.03. The predicted octanol–water partition coefficient (Wildman–Crippen LogP) is 1.90. The lowest BCUT2D eigenvalue weighted by Crippen LogP contribution is -2.47. The van der Waals surface area contributed by atoms with Crippen molar-refractivity contribution < 1.29 is 13.2 Å². The van der Waals surface area contributed by atoms with E-state index in [1.807, 2.05) is 4.90 Å². The lowest BCUT2D eigenvalue weighted by atomic mass is 10.0. The molecule has 3 unspecified atom stereocenters. The van der Waals surface area contributed by atoms with Crippen molar-refractivity contribution in [2.24, 2.45) is 5.92 Å². The monoisotopic (exact) mass is 261 g/mol. The Morgan fingerprint density at radius 1 is 1.33 bits per heavy atom. The van der Waals surface area contributed by atoms with Gasteiger partial charge in [0.1, 0.15) is 0 Å². The van der Waals surface area contributed by atoms with E-state index in [-0.39, 0.29) is 12.6 Å². The van der Waals surface area contributed by atoms with Crippen LogP contribution >= 0.6 is 0 Å². The maximum atomic E-state index is 12.6. The van der Waals surface area contributed by atoms with E-state index in [0.29, 0.717) is 12.6 Å². The van der Waals surface area contributed by atoms with Gasteiger partial charge in [0.15, 0.2) is 5.92 Å². The first-order chi connectivity index (χ1) is 8.52. The van der Waals surface area contributed by atoms with Crippen molar-refractivity contribution in [3.05, 3.63) is 0 Å². The molecule has 2 rings (SSSR count). The van der Waals surface area contributed by atoms with Crippen molar-refractivity contribution in [2.45, 2.75) is 43.9 Å². The highest BCUT2D eigenvalue weighted by molar-refractivity contribution is 4.97. The van der Waals surface area contributed by atoms with Crippen molar-refractivity contribution in [1.82, 2.24) is 10.2 Å². The molecule has 0 amide bonds. The van der Waals surface area contributed by atoms with Crippen LogP contribution in [-0.2, 0) is 0 Å². The van der Waals surface area contributed by atoms with E-state index < -0.39 is 12.1 Å². The van der Waals surface area contributed by atoms with Gasteiger partial charge in [-0.25, -0.2) is 0 Å². The van der Waals surface area contributed by atoms with Gasteiger partial charge in [0.05, 0.1) is 6.07 Å². The summed E-state index contributed by atoms with van der Waals surface area (Å²) >= 11 is 0. The molecule has 3 atom stereocenters. The normalized spacial score (nSPS) is 31.4. The van der Waals surface area contributed by atoms with Crippen LogP contribution in [0.25, 0.3) is 0 Å². The van der Waals surface area contributed by atoms with E-state index in [1.54, 1.807) is 0 Å². The molecular weight excluding hydrogens is 243 g/mol. The molecule has 0 aromatic rings. The Kier molecular flexibility index (Phi) is 4.13. The van der Waals surface area contributed by atoms with E-state index in [2.05, 4.69) is 5.32 Å². The van der Waals surface area contributed by atoms with Crippen molar-refractivity contribution >= 4 is 0 Å². The predicted molar refractivity (Wildman–Crippen MR) is 60.8 cm³/mol. The molecule has 18 heavy (non-hydrogen) atoms. The third kappa shape index (κ3) is 2.96. The number of nitrogens with one attached hydrogen (secondary N) is 1. The molecule has 0 aromatic heterocycles. The molecule has 0 spiro atoms. The molecule has 102 valence electrons. The molecule has 0 bridgehead atoms. The van der Waals surface area contributed by atoms with E-state index >= 15 is 0 Å². The zero-order valence-electron chi connectivity index (χ0n) is 10.2. The molecule has 0 saturated carbocycles. The van der Waals surface area contributed by atoms with Crippen LogP contribution in [-0.4, -0.2) is 42.8 Å². The molecule has 3 nitrogen and oxygen atoms in total. The topological polar surface area (TPSA) is 39.1 Å². The summed E-state index contributed by atoms with van der Waals surface area (Å²) < 4.78 is 37.8. The van der Waals surface area contributed by atoms with Gasteiger partial charge in [-0.2, -0.15) is 18.4 Å². The number of likely N-dealkylation sites (tertiary alicyclic amines) is 1. The largest absolute Gasteiger partial charge is 0.405 e. The van der Waals surface area contributed by atoms with Gasteiger partial charge in [-0.05, 0) is 38.8 Å². The summed E-state index contributed by atoms with van der Waals surface area (Å²) in [6, 6.07) is 1.87. The molecule has 2 fully saturated rings. The summed E-state index contributed by atoms with van der Waals surface area (Å²) in [5, 5.41) is 12.0. The molecule has 6 heteroatoms. The zero-order chi connectivity index (χ0) is 13.2. The average Bonchev–Trinajstić information content (AvgIpc) is 2.94. The summed E-state index contributed by atoms with van der Waals surface area (Å²) in [5.74, 6) is -1.86. The lowest BCUT2D eigenvalue weighted by molar-refractivity contribution is -0.163. The molecule has 2 aliphatic heterocycles. The maximum Gasteiger partial charge on any atom is 0.405 e. The van der Waals surface area contributed by atoms with Gasteiger partial charge in [0, 0.05) is 18.6 Å². The van der Waals surface area contributed by atoms with E-state index in [4.69, 9.17) is 5.26 Å².